The molecule has 1 N–H and O–H groups in total. The lowest BCUT2D eigenvalue weighted by Crippen LogP contribution is -2.20. The number of hydrogen-bond donors (Lipinski definition) is 1. The van der Waals surface area contributed by atoms with Gasteiger partial charge in [-0.1, -0.05) is 0 Å². The van der Waals surface area contributed by atoms with Crippen molar-refractivity contribution < 1.29 is 13.6 Å². The third-order valence-corrected chi connectivity index (χ3v) is 4.60. The quantitative estimate of drug-likeness (QED) is 0.756. The van der Waals surface area contributed by atoms with Crippen molar-refractivity contribution in [1.82, 2.24) is 14.8 Å². The molecule has 0 unspecified atom stereocenters. The second-order valence-electron chi connectivity index (χ2n) is 6.65. The molecule has 0 atom stereocenters. The SMILES string of the molecule is Cc1cc(-c2nnc(C3CC3)o2)c(C)n1CC(=O)Nc1ccc(F)cc1. The zero-order chi connectivity index (χ0) is 18.3. The van der Waals surface area contributed by atoms with E-state index < -0.39 is 0 Å². The molecular weight excluding hydrogens is 335 g/mol. The molecule has 2 heterocycles. The number of aromatic nitrogens is 3. The maximum atomic E-state index is 13.0. The van der Waals surface area contributed by atoms with E-state index >= 15 is 0 Å². The predicted molar refractivity (Wildman–Crippen MR) is 94.2 cm³/mol. The van der Waals surface area contributed by atoms with Crippen molar-refractivity contribution in [2.45, 2.75) is 39.2 Å². The molecule has 1 aromatic carbocycles. The molecule has 26 heavy (non-hydrogen) atoms. The number of halogens is 1. The molecule has 3 aromatic rings. The van der Waals surface area contributed by atoms with Crippen LogP contribution in [0.5, 0.6) is 0 Å². The normalized spacial score (nSPS) is 13.8. The summed E-state index contributed by atoms with van der Waals surface area (Å²) in [7, 11) is 0. The van der Waals surface area contributed by atoms with Gasteiger partial charge in [0.15, 0.2) is 0 Å². The van der Waals surface area contributed by atoms with Gasteiger partial charge in [0.2, 0.25) is 17.7 Å². The number of benzene rings is 1. The summed E-state index contributed by atoms with van der Waals surface area (Å²) in [6.07, 6.45) is 2.20. The maximum Gasteiger partial charge on any atom is 0.249 e. The van der Waals surface area contributed by atoms with Gasteiger partial charge in [-0.3, -0.25) is 4.79 Å². The molecule has 1 aliphatic carbocycles. The van der Waals surface area contributed by atoms with Crippen LogP contribution in [-0.2, 0) is 11.3 Å². The summed E-state index contributed by atoms with van der Waals surface area (Å²) in [5.74, 6) is 1.06. The van der Waals surface area contributed by atoms with Crippen LogP contribution in [0.25, 0.3) is 11.5 Å². The summed E-state index contributed by atoms with van der Waals surface area (Å²) in [4.78, 5) is 12.3. The Morgan fingerprint density at radius 1 is 1.27 bits per heavy atom. The molecule has 6 nitrogen and oxygen atoms in total. The van der Waals surface area contributed by atoms with E-state index in [1.165, 1.54) is 24.3 Å². The van der Waals surface area contributed by atoms with Crippen molar-refractivity contribution >= 4 is 11.6 Å². The Hall–Kier alpha value is -2.96. The highest BCUT2D eigenvalue weighted by Crippen LogP contribution is 2.40. The molecular formula is C19H19FN4O2. The summed E-state index contributed by atoms with van der Waals surface area (Å²) < 4.78 is 20.6. The molecule has 0 radical (unpaired) electrons. The van der Waals surface area contributed by atoms with Crippen LogP contribution >= 0.6 is 0 Å². The maximum absolute atomic E-state index is 13.0. The third kappa shape index (κ3) is 3.24. The van der Waals surface area contributed by atoms with Crippen LogP contribution in [0.2, 0.25) is 0 Å². The fourth-order valence-electron chi connectivity index (χ4n) is 2.98. The van der Waals surface area contributed by atoms with Gasteiger partial charge in [-0.2, -0.15) is 0 Å². The Bertz CT molecular complexity index is 955. The molecule has 7 heteroatoms. The van der Waals surface area contributed by atoms with E-state index in [2.05, 4.69) is 15.5 Å². The first-order chi connectivity index (χ1) is 12.5. The van der Waals surface area contributed by atoms with E-state index in [1.54, 1.807) is 0 Å². The summed E-state index contributed by atoms with van der Waals surface area (Å²) in [6.45, 7) is 4.01. The van der Waals surface area contributed by atoms with Crippen molar-refractivity contribution in [3.8, 4) is 11.5 Å². The molecule has 134 valence electrons. The van der Waals surface area contributed by atoms with Crippen molar-refractivity contribution in [3.63, 3.8) is 0 Å². The molecule has 1 fully saturated rings. The van der Waals surface area contributed by atoms with Gasteiger partial charge in [-0.15, -0.1) is 10.2 Å². The van der Waals surface area contributed by atoms with Crippen LogP contribution in [-0.4, -0.2) is 20.7 Å². The number of nitrogens with one attached hydrogen (secondary N) is 1. The highest BCUT2D eigenvalue weighted by molar-refractivity contribution is 5.90. The lowest BCUT2D eigenvalue weighted by molar-refractivity contribution is -0.116. The number of rotatable bonds is 5. The summed E-state index contributed by atoms with van der Waals surface area (Å²) in [5, 5.41) is 11.0. The lowest BCUT2D eigenvalue weighted by atomic mass is 10.2. The minimum absolute atomic E-state index is 0.151. The predicted octanol–water partition coefficient (Wildman–Crippen LogP) is 3.81. The zero-order valence-electron chi connectivity index (χ0n) is 14.6. The van der Waals surface area contributed by atoms with Gasteiger partial charge >= 0.3 is 0 Å². The van der Waals surface area contributed by atoms with Crippen LogP contribution in [0.4, 0.5) is 10.1 Å². The fraction of sp³-hybridized carbons (Fsp3) is 0.316. The van der Waals surface area contributed by atoms with Crippen molar-refractivity contribution in [1.29, 1.82) is 0 Å². The topological polar surface area (TPSA) is 73.0 Å². The average molecular weight is 354 g/mol. The van der Waals surface area contributed by atoms with E-state index in [1.807, 2.05) is 24.5 Å². The van der Waals surface area contributed by atoms with Gasteiger partial charge in [-0.05, 0) is 57.0 Å². The molecule has 1 amide bonds. The number of aryl methyl sites for hydroxylation is 1. The van der Waals surface area contributed by atoms with E-state index in [4.69, 9.17) is 4.42 Å². The van der Waals surface area contributed by atoms with Gasteiger partial charge in [0.1, 0.15) is 12.4 Å². The Balaban J connectivity index is 1.52. The summed E-state index contributed by atoms with van der Waals surface area (Å²) in [5.41, 5.74) is 3.22. The Morgan fingerprint density at radius 3 is 2.69 bits per heavy atom. The molecule has 0 spiro atoms. The van der Waals surface area contributed by atoms with Gasteiger partial charge in [-0.25, -0.2) is 4.39 Å². The fourth-order valence-corrected chi connectivity index (χ4v) is 2.98. The van der Waals surface area contributed by atoms with Crippen molar-refractivity contribution in [3.05, 3.63) is 53.4 Å². The molecule has 0 aliphatic heterocycles. The second-order valence-corrected chi connectivity index (χ2v) is 6.65. The second kappa shape index (κ2) is 6.40. The van der Waals surface area contributed by atoms with E-state index in [0.717, 1.165) is 29.8 Å². The number of hydrogen-bond acceptors (Lipinski definition) is 4. The number of anilines is 1. The number of amides is 1. The first kappa shape index (κ1) is 16.5. The average Bonchev–Trinajstić information content (AvgIpc) is 3.29. The largest absolute Gasteiger partial charge is 0.420 e. The van der Waals surface area contributed by atoms with E-state index in [9.17, 15) is 9.18 Å². The standard InChI is InChI=1S/C19H19FN4O2/c1-11-9-16(19-23-22-18(26-19)13-3-4-13)12(2)24(11)10-17(25)21-15-7-5-14(20)6-8-15/h5-9,13H,3-4,10H2,1-2H3,(H,21,25). The van der Waals surface area contributed by atoms with Gasteiger partial charge in [0.25, 0.3) is 0 Å². The number of carbonyl (C=O) groups is 1. The molecule has 4 rings (SSSR count). The van der Waals surface area contributed by atoms with Crippen LogP contribution in [0.1, 0.15) is 36.0 Å². The molecule has 1 saturated carbocycles. The summed E-state index contributed by atoms with van der Waals surface area (Å²) in [6, 6.07) is 7.64. The first-order valence-electron chi connectivity index (χ1n) is 8.57. The zero-order valence-corrected chi connectivity index (χ0v) is 14.6. The van der Waals surface area contributed by atoms with Crippen LogP contribution < -0.4 is 5.32 Å². The summed E-state index contributed by atoms with van der Waals surface area (Å²) >= 11 is 0. The number of carbonyl (C=O) groups excluding carboxylic acids is 1. The Kier molecular flexibility index (Phi) is 4.06. The third-order valence-electron chi connectivity index (χ3n) is 4.60. The van der Waals surface area contributed by atoms with Crippen molar-refractivity contribution in [2.24, 2.45) is 0 Å². The molecule has 2 aromatic heterocycles. The van der Waals surface area contributed by atoms with Gasteiger partial charge in [0.05, 0.1) is 5.56 Å². The molecule has 1 aliphatic rings. The highest BCUT2D eigenvalue weighted by Gasteiger charge is 2.30. The molecule has 0 saturated heterocycles. The van der Waals surface area contributed by atoms with Crippen LogP contribution in [0.3, 0.4) is 0 Å². The lowest BCUT2D eigenvalue weighted by Gasteiger charge is -2.10. The minimum atomic E-state index is -0.338. The Morgan fingerprint density at radius 2 is 2.00 bits per heavy atom. The minimum Gasteiger partial charge on any atom is -0.420 e. The smallest absolute Gasteiger partial charge is 0.249 e. The van der Waals surface area contributed by atoms with E-state index in [-0.39, 0.29) is 18.3 Å². The number of nitrogens with zero attached hydrogens (tertiary/aromatic N) is 3. The monoisotopic (exact) mass is 354 g/mol. The van der Waals surface area contributed by atoms with Gasteiger partial charge < -0.3 is 14.3 Å². The van der Waals surface area contributed by atoms with Crippen LogP contribution in [0, 0.1) is 19.7 Å². The first-order valence-corrected chi connectivity index (χ1v) is 8.57. The van der Waals surface area contributed by atoms with Gasteiger partial charge in [0, 0.05) is 23.0 Å². The van der Waals surface area contributed by atoms with Crippen molar-refractivity contribution in [2.75, 3.05) is 5.32 Å². The Labute approximate surface area is 150 Å². The van der Waals surface area contributed by atoms with E-state index in [0.29, 0.717) is 23.4 Å². The highest BCUT2D eigenvalue weighted by atomic mass is 19.1. The van der Waals surface area contributed by atoms with Crippen LogP contribution in [0.15, 0.2) is 34.7 Å². The molecule has 0 bridgehead atoms.